The summed E-state index contributed by atoms with van der Waals surface area (Å²) >= 11 is 5.84. The molecule has 2 atom stereocenters. The minimum absolute atomic E-state index is 0.174. The van der Waals surface area contributed by atoms with E-state index < -0.39 is 0 Å². The summed E-state index contributed by atoms with van der Waals surface area (Å²) in [5.74, 6) is 3.18. The highest BCUT2D eigenvalue weighted by molar-refractivity contribution is 7.80. The lowest BCUT2D eigenvalue weighted by atomic mass is 10.0. The normalized spacial score (nSPS) is 17.0. The van der Waals surface area contributed by atoms with Crippen molar-refractivity contribution < 1.29 is 9.15 Å². The zero-order valence-corrected chi connectivity index (χ0v) is 21.1. The number of rotatable bonds is 6. The molecule has 3 aromatic carbocycles. The molecule has 1 aliphatic heterocycles. The molecule has 0 unspecified atom stereocenters. The predicted octanol–water partition coefficient (Wildman–Crippen LogP) is 7.62. The number of benzene rings is 3. The number of anilines is 1. The number of nitrogens with one attached hydrogen (secondary N) is 1. The Bertz CT molecular complexity index is 1500. The number of thiocarbonyl (C=S) groups is 1. The topological polar surface area (TPSA) is 50.5 Å². The molecule has 6 rings (SSSR count). The lowest BCUT2D eigenvalue weighted by Crippen LogP contribution is -2.29. The number of pyridine rings is 1. The van der Waals surface area contributed by atoms with Crippen molar-refractivity contribution in [3.05, 3.63) is 132 Å². The van der Waals surface area contributed by atoms with Crippen LogP contribution in [0.15, 0.2) is 120 Å². The first-order chi connectivity index (χ1) is 18.2. The summed E-state index contributed by atoms with van der Waals surface area (Å²) < 4.78 is 12.5. The highest BCUT2D eigenvalue weighted by Crippen LogP contribution is 2.43. The molecular weight excluding hydrogens is 478 g/mol. The Morgan fingerprint density at radius 3 is 2.22 bits per heavy atom. The first-order valence-corrected chi connectivity index (χ1v) is 12.6. The molecule has 0 bridgehead atoms. The van der Waals surface area contributed by atoms with E-state index in [0.29, 0.717) is 5.11 Å². The third kappa shape index (κ3) is 4.71. The first kappa shape index (κ1) is 23.0. The molecule has 0 saturated carbocycles. The maximum Gasteiger partial charge on any atom is 0.174 e. The van der Waals surface area contributed by atoms with E-state index in [-0.39, 0.29) is 12.1 Å². The van der Waals surface area contributed by atoms with Crippen LogP contribution in [-0.4, -0.2) is 10.1 Å². The van der Waals surface area contributed by atoms with Gasteiger partial charge in [0.2, 0.25) is 0 Å². The van der Waals surface area contributed by atoms with Gasteiger partial charge >= 0.3 is 0 Å². The first-order valence-electron chi connectivity index (χ1n) is 12.2. The van der Waals surface area contributed by atoms with Gasteiger partial charge in [-0.1, -0.05) is 54.1 Å². The summed E-state index contributed by atoms with van der Waals surface area (Å²) in [6.45, 7) is 2.06. The Balaban J connectivity index is 1.34. The van der Waals surface area contributed by atoms with Crippen molar-refractivity contribution in [1.29, 1.82) is 0 Å². The van der Waals surface area contributed by atoms with Crippen LogP contribution in [0, 0.1) is 6.92 Å². The second-order valence-electron chi connectivity index (χ2n) is 8.97. The molecule has 0 spiro atoms. The fourth-order valence-corrected chi connectivity index (χ4v) is 4.95. The summed E-state index contributed by atoms with van der Waals surface area (Å²) in [6, 6.07) is 35.6. The molecule has 5 aromatic rings. The van der Waals surface area contributed by atoms with Gasteiger partial charge in [0.15, 0.2) is 5.11 Å². The van der Waals surface area contributed by atoms with Crippen molar-refractivity contribution in [3.8, 4) is 22.8 Å². The van der Waals surface area contributed by atoms with E-state index >= 15 is 0 Å². The van der Waals surface area contributed by atoms with Gasteiger partial charge < -0.3 is 19.4 Å². The number of hydrogen-bond donors (Lipinski definition) is 1. The molecule has 6 heteroatoms. The number of furan rings is 1. The Labute approximate surface area is 221 Å². The van der Waals surface area contributed by atoms with E-state index in [1.807, 2.05) is 109 Å². The van der Waals surface area contributed by atoms with Crippen molar-refractivity contribution in [1.82, 2.24) is 10.3 Å². The van der Waals surface area contributed by atoms with E-state index in [2.05, 4.69) is 22.1 Å². The predicted molar refractivity (Wildman–Crippen MR) is 150 cm³/mol. The molecule has 0 radical (unpaired) electrons. The number of hydrogen-bond acceptors (Lipinski definition) is 4. The van der Waals surface area contributed by atoms with Crippen LogP contribution in [0.4, 0.5) is 5.69 Å². The highest BCUT2D eigenvalue weighted by atomic mass is 32.1. The second kappa shape index (κ2) is 9.91. The largest absolute Gasteiger partial charge is 0.459 e. The van der Waals surface area contributed by atoms with Crippen LogP contribution in [0.5, 0.6) is 11.5 Å². The summed E-state index contributed by atoms with van der Waals surface area (Å²) in [4.78, 5) is 6.72. The van der Waals surface area contributed by atoms with Gasteiger partial charge in [-0.2, -0.15) is 0 Å². The van der Waals surface area contributed by atoms with Crippen molar-refractivity contribution in [3.63, 3.8) is 0 Å². The van der Waals surface area contributed by atoms with Crippen molar-refractivity contribution >= 4 is 23.0 Å². The fraction of sp³-hybridized carbons (Fsp3) is 0.0968. The maximum atomic E-state index is 6.42. The van der Waals surface area contributed by atoms with E-state index in [1.54, 1.807) is 6.20 Å². The molecule has 0 aliphatic carbocycles. The van der Waals surface area contributed by atoms with Crippen LogP contribution < -0.4 is 15.0 Å². The lowest BCUT2D eigenvalue weighted by Gasteiger charge is -2.26. The molecule has 2 aromatic heterocycles. The van der Waals surface area contributed by atoms with Crippen LogP contribution in [0.25, 0.3) is 11.3 Å². The highest BCUT2D eigenvalue weighted by Gasteiger charge is 2.42. The minimum Gasteiger partial charge on any atom is -0.459 e. The molecule has 182 valence electrons. The molecule has 1 N–H and O–H groups in total. The fourth-order valence-electron chi connectivity index (χ4n) is 4.61. The minimum atomic E-state index is -0.219. The molecular formula is C31H25N3O2S. The van der Waals surface area contributed by atoms with Crippen LogP contribution >= 0.6 is 12.2 Å². The number of aromatic nitrogens is 1. The van der Waals surface area contributed by atoms with Crippen molar-refractivity contribution in [2.45, 2.75) is 19.0 Å². The summed E-state index contributed by atoms with van der Waals surface area (Å²) in [6.07, 6.45) is 1.80. The molecule has 0 amide bonds. The second-order valence-corrected chi connectivity index (χ2v) is 9.36. The quantitative estimate of drug-likeness (QED) is 0.241. The SMILES string of the molecule is Cc1ccc(Oc2ccc(N3C(=S)N[C@H](c4ccccn4)[C@@H]3c3ccc(-c4ccccc4)o3)cc2)cc1. The van der Waals surface area contributed by atoms with E-state index in [0.717, 1.165) is 40.0 Å². The van der Waals surface area contributed by atoms with Gasteiger partial charge in [0.1, 0.15) is 29.1 Å². The average Bonchev–Trinajstić information content (AvgIpc) is 3.56. The third-order valence-corrected chi connectivity index (χ3v) is 6.76. The van der Waals surface area contributed by atoms with E-state index in [9.17, 15) is 0 Å². The van der Waals surface area contributed by atoms with Crippen molar-refractivity contribution in [2.75, 3.05) is 4.90 Å². The monoisotopic (exact) mass is 503 g/mol. The van der Waals surface area contributed by atoms with Gasteiger partial charge in [0.25, 0.3) is 0 Å². The zero-order valence-electron chi connectivity index (χ0n) is 20.2. The van der Waals surface area contributed by atoms with Crippen LogP contribution in [-0.2, 0) is 0 Å². The average molecular weight is 504 g/mol. The lowest BCUT2D eigenvalue weighted by molar-refractivity contribution is 0.439. The van der Waals surface area contributed by atoms with Gasteiger partial charge in [-0.25, -0.2) is 0 Å². The van der Waals surface area contributed by atoms with E-state index in [4.69, 9.17) is 21.4 Å². The zero-order chi connectivity index (χ0) is 25.2. The summed E-state index contributed by atoms with van der Waals surface area (Å²) in [5, 5.41) is 4.10. The van der Waals surface area contributed by atoms with Gasteiger partial charge in [-0.05, 0) is 79.8 Å². The molecule has 1 fully saturated rings. The Morgan fingerprint density at radius 1 is 0.811 bits per heavy atom. The number of aryl methyl sites for hydroxylation is 1. The molecule has 1 saturated heterocycles. The van der Waals surface area contributed by atoms with Crippen molar-refractivity contribution in [2.24, 2.45) is 0 Å². The van der Waals surface area contributed by atoms with Gasteiger partial charge in [0.05, 0.1) is 11.7 Å². The summed E-state index contributed by atoms with van der Waals surface area (Å²) in [7, 11) is 0. The van der Waals surface area contributed by atoms with Gasteiger partial charge in [0, 0.05) is 17.4 Å². The van der Waals surface area contributed by atoms with Crippen LogP contribution in [0.2, 0.25) is 0 Å². The molecule has 1 aliphatic rings. The third-order valence-electron chi connectivity index (χ3n) is 6.45. The van der Waals surface area contributed by atoms with E-state index in [1.165, 1.54) is 5.56 Å². The van der Waals surface area contributed by atoms with Crippen LogP contribution in [0.1, 0.15) is 29.1 Å². The Morgan fingerprint density at radius 2 is 1.51 bits per heavy atom. The van der Waals surface area contributed by atoms with Gasteiger partial charge in [-0.15, -0.1) is 0 Å². The molecule has 5 nitrogen and oxygen atoms in total. The van der Waals surface area contributed by atoms with Gasteiger partial charge in [-0.3, -0.25) is 4.98 Å². The van der Waals surface area contributed by atoms with Crippen LogP contribution in [0.3, 0.4) is 0 Å². The number of ether oxygens (including phenoxy) is 1. The standard InChI is InChI=1S/C31H25N3O2S/c1-21-10-14-24(15-11-21)35-25-16-12-23(13-17-25)34-30(29(33-31(34)37)26-9-5-6-20-32-26)28-19-18-27(36-28)22-7-3-2-4-8-22/h2-20,29-30H,1H3,(H,33,37)/t29-,30+/m1/s1. The summed E-state index contributed by atoms with van der Waals surface area (Å²) in [5.41, 5.74) is 4.06. The molecule has 3 heterocycles. The smallest absolute Gasteiger partial charge is 0.174 e. The Hall–Kier alpha value is -4.42. The Kier molecular flexibility index (Phi) is 6.16. The number of nitrogens with zero attached hydrogens (tertiary/aromatic N) is 2. The maximum absolute atomic E-state index is 6.42. The molecule has 37 heavy (non-hydrogen) atoms.